The monoisotopic (exact) mass is 327 g/mol. The van der Waals surface area contributed by atoms with Gasteiger partial charge < -0.3 is 25.2 Å². The molecule has 0 amide bonds. The van der Waals surface area contributed by atoms with E-state index in [1.165, 1.54) is 6.07 Å². The number of ether oxygens (including phenoxy) is 1. The molecule has 0 radical (unpaired) electrons. The third-order valence-electron chi connectivity index (χ3n) is 3.71. The molecule has 5 N–H and O–H groups in total. The summed E-state index contributed by atoms with van der Waals surface area (Å²) in [6.07, 6.45) is -6.51. The first kappa shape index (κ1) is 16.8. The van der Waals surface area contributed by atoms with Gasteiger partial charge in [0, 0.05) is 12.3 Å². The van der Waals surface area contributed by atoms with Gasteiger partial charge in [0.15, 0.2) is 6.23 Å². The van der Waals surface area contributed by atoms with E-state index in [9.17, 15) is 40.1 Å². The van der Waals surface area contributed by atoms with Crippen LogP contribution < -0.4 is 11.2 Å². The van der Waals surface area contributed by atoms with Crippen LogP contribution in [-0.4, -0.2) is 60.9 Å². The van der Waals surface area contributed by atoms with Crippen LogP contribution in [0.25, 0.3) is 0 Å². The Morgan fingerprint density at radius 3 is 2.57 bits per heavy atom. The van der Waals surface area contributed by atoms with Crippen molar-refractivity contribution in [3.8, 4) is 6.07 Å². The van der Waals surface area contributed by atoms with Crippen LogP contribution >= 0.6 is 0 Å². The molecule has 0 bridgehead atoms. The Morgan fingerprint density at radius 2 is 2.09 bits per heavy atom. The lowest BCUT2D eigenvalue weighted by Gasteiger charge is -2.45. The van der Waals surface area contributed by atoms with E-state index in [2.05, 4.69) is 0 Å². The number of aliphatic hydroxyl groups excluding tert-OH is 3. The first-order valence-corrected chi connectivity index (χ1v) is 6.38. The molecule has 11 heteroatoms. The van der Waals surface area contributed by atoms with E-state index in [0.29, 0.717) is 4.57 Å². The van der Waals surface area contributed by atoms with Crippen LogP contribution in [0.1, 0.15) is 6.23 Å². The molecule has 5 atom stereocenters. The standard InChI is InChI=1S/C12H13N3O8/c13-4-12(10(20)21)7(18)5(3-16)23-9(8(12)19)15-2-1-6(17)14-11(15)22/h1-2,5,7-9,16,18-19H,3H2,(H,20,21)(H,14,17,22)/t5-,7+,8+,9+,12-/m0/s1. The Balaban J connectivity index is 2.61. The van der Waals surface area contributed by atoms with Crippen LogP contribution in [-0.2, 0) is 9.53 Å². The molecular formula is C12H13N3O8. The average Bonchev–Trinajstić information content (AvgIpc) is 2.49. The largest absolute Gasteiger partial charge is 0.480 e. The van der Waals surface area contributed by atoms with Crippen molar-refractivity contribution in [1.29, 1.82) is 5.26 Å². The Labute approximate surface area is 127 Å². The third-order valence-corrected chi connectivity index (χ3v) is 3.71. The molecule has 0 spiro atoms. The minimum atomic E-state index is -2.73. The van der Waals surface area contributed by atoms with Gasteiger partial charge >= 0.3 is 11.7 Å². The number of carboxylic acid groups (broad SMARTS) is 1. The molecule has 23 heavy (non-hydrogen) atoms. The fourth-order valence-electron chi connectivity index (χ4n) is 2.44. The highest BCUT2D eigenvalue weighted by molar-refractivity contribution is 5.80. The van der Waals surface area contributed by atoms with Gasteiger partial charge in [-0.3, -0.25) is 19.1 Å². The normalized spacial score (nSPS) is 33.8. The molecule has 124 valence electrons. The summed E-state index contributed by atoms with van der Waals surface area (Å²) in [6, 6.07) is 2.26. The van der Waals surface area contributed by atoms with E-state index in [1.54, 1.807) is 0 Å². The van der Waals surface area contributed by atoms with Crippen molar-refractivity contribution in [3.05, 3.63) is 33.1 Å². The third kappa shape index (κ3) is 2.43. The number of carboxylic acids is 1. The summed E-state index contributed by atoms with van der Waals surface area (Å²) < 4.78 is 5.81. The van der Waals surface area contributed by atoms with Crippen molar-refractivity contribution in [1.82, 2.24) is 9.55 Å². The summed E-state index contributed by atoms with van der Waals surface area (Å²) >= 11 is 0. The second kappa shape index (κ2) is 5.94. The van der Waals surface area contributed by atoms with Gasteiger partial charge in [-0.25, -0.2) is 4.79 Å². The van der Waals surface area contributed by atoms with Crippen molar-refractivity contribution < 1.29 is 30.0 Å². The van der Waals surface area contributed by atoms with Crippen molar-refractivity contribution in [2.45, 2.75) is 24.5 Å². The molecule has 1 aromatic heterocycles. The number of hydrogen-bond acceptors (Lipinski definition) is 8. The summed E-state index contributed by atoms with van der Waals surface area (Å²) in [5, 5.41) is 48.0. The van der Waals surface area contributed by atoms with E-state index in [-0.39, 0.29) is 0 Å². The number of nitrogens with one attached hydrogen (secondary N) is 1. The number of aliphatic hydroxyl groups is 3. The van der Waals surface area contributed by atoms with E-state index in [4.69, 9.17) is 4.74 Å². The maximum Gasteiger partial charge on any atom is 0.330 e. The van der Waals surface area contributed by atoms with Gasteiger partial charge in [0.2, 0.25) is 5.41 Å². The number of aromatic amines is 1. The Morgan fingerprint density at radius 1 is 1.43 bits per heavy atom. The molecule has 1 fully saturated rings. The van der Waals surface area contributed by atoms with Crippen LogP contribution in [0.5, 0.6) is 0 Å². The van der Waals surface area contributed by atoms with Gasteiger partial charge in [-0.2, -0.15) is 5.26 Å². The number of nitrogens with zero attached hydrogens (tertiary/aromatic N) is 2. The zero-order chi connectivity index (χ0) is 17.4. The fourth-order valence-corrected chi connectivity index (χ4v) is 2.44. The van der Waals surface area contributed by atoms with E-state index in [1.807, 2.05) is 4.98 Å². The Bertz CT molecular complexity index is 765. The molecule has 2 heterocycles. The highest BCUT2D eigenvalue weighted by Gasteiger charge is 2.62. The molecule has 2 rings (SSSR count). The van der Waals surface area contributed by atoms with E-state index >= 15 is 0 Å². The lowest BCUT2D eigenvalue weighted by molar-refractivity contribution is -0.255. The number of aliphatic carboxylic acids is 1. The summed E-state index contributed by atoms with van der Waals surface area (Å²) in [6.45, 7) is -0.862. The van der Waals surface area contributed by atoms with Gasteiger partial charge in [0.25, 0.3) is 5.56 Å². The van der Waals surface area contributed by atoms with Gasteiger partial charge in [-0.15, -0.1) is 0 Å². The number of aromatic nitrogens is 2. The summed E-state index contributed by atoms with van der Waals surface area (Å²) in [4.78, 5) is 36.2. The summed E-state index contributed by atoms with van der Waals surface area (Å²) in [5.74, 6) is -1.84. The number of H-pyrrole nitrogens is 1. The predicted octanol–water partition coefficient (Wildman–Crippen LogP) is -3.26. The number of rotatable bonds is 3. The lowest BCUT2D eigenvalue weighted by Crippen LogP contribution is -2.64. The highest BCUT2D eigenvalue weighted by atomic mass is 16.6. The number of nitriles is 1. The SMILES string of the molecule is N#C[C@]1(C(=O)O)[C@H](O)[C@H](CO)O[C@@H](n2ccc(=O)[nH]c2=O)[C@H]1O. The molecule has 0 aromatic carbocycles. The Kier molecular flexibility index (Phi) is 4.35. The minimum Gasteiger partial charge on any atom is -0.480 e. The smallest absolute Gasteiger partial charge is 0.330 e. The quantitative estimate of drug-likeness (QED) is 0.380. The van der Waals surface area contributed by atoms with Gasteiger partial charge in [-0.05, 0) is 0 Å². The first-order valence-electron chi connectivity index (χ1n) is 6.38. The molecule has 0 saturated carbocycles. The van der Waals surface area contributed by atoms with Crippen LogP contribution in [0.3, 0.4) is 0 Å². The zero-order valence-electron chi connectivity index (χ0n) is 11.5. The van der Waals surface area contributed by atoms with E-state index in [0.717, 1.165) is 12.3 Å². The fraction of sp³-hybridized carbons (Fsp3) is 0.500. The number of hydrogen-bond donors (Lipinski definition) is 5. The molecule has 1 saturated heterocycles. The molecular weight excluding hydrogens is 314 g/mol. The topological polar surface area (TPSA) is 186 Å². The zero-order valence-corrected chi connectivity index (χ0v) is 11.5. The van der Waals surface area contributed by atoms with Crippen molar-refractivity contribution in [3.63, 3.8) is 0 Å². The van der Waals surface area contributed by atoms with Gasteiger partial charge in [0.1, 0.15) is 18.3 Å². The van der Waals surface area contributed by atoms with E-state index < -0.39 is 53.8 Å². The highest BCUT2D eigenvalue weighted by Crippen LogP contribution is 2.40. The summed E-state index contributed by atoms with van der Waals surface area (Å²) in [7, 11) is 0. The molecule has 0 unspecified atom stereocenters. The maximum atomic E-state index is 11.8. The van der Waals surface area contributed by atoms with Gasteiger partial charge in [0.05, 0.1) is 12.7 Å². The van der Waals surface area contributed by atoms with Crippen LogP contribution in [0.4, 0.5) is 0 Å². The average molecular weight is 327 g/mol. The molecule has 1 aromatic rings. The van der Waals surface area contributed by atoms with Crippen molar-refractivity contribution >= 4 is 5.97 Å². The minimum absolute atomic E-state index is 0.662. The Hall–Kier alpha value is -2.52. The van der Waals surface area contributed by atoms with Crippen LogP contribution in [0.15, 0.2) is 21.9 Å². The van der Waals surface area contributed by atoms with Crippen LogP contribution in [0, 0.1) is 16.7 Å². The van der Waals surface area contributed by atoms with Gasteiger partial charge in [-0.1, -0.05) is 0 Å². The number of carbonyl (C=O) groups is 1. The second-order valence-electron chi connectivity index (χ2n) is 4.94. The maximum absolute atomic E-state index is 11.8. The molecule has 11 nitrogen and oxygen atoms in total. The molecule has 0 aliphatic carbocycles. The molecule has 1 aliphatic heterocycles. The summed E-state index contributed by atoms with van der Waals surface area (Å²) in [5.41, 5.74) is -4.49. The second-order valence-corrected chi connectivity index (χ2v) is 4.94. The predicted molar refractivity (Wildman–Crippen MR) is 70.0 cm³/mol. The van der Waals surface area contributed by atoms with Crippen molar-refractivity contribution in [2.75, 3.05) is 6.61 Å². The van der Waals surface area contributed by atoms with Crippen LogP contribution in [0.2, 0.25) is 0 Å². The molecule has 1 aliphatic rings. The lowest BCUT2D eigenvalue weighted by atomic mass is 9.73. The van der Waals surface area contributed by atoms with Crippen molar-refractivity contribution in [2.24, 2.45) is 5.41 Å². The first-order chi connectivity index (χ1) is 10.8.